The van der Waals surface area contributed by atoms with Crippen molar-refractivity contribution in [3.05, 3.63) is 47.5 Å². The Morgan fingerprint density at radius 1 is 1.09 bits per heavy atom. The minimum Gasteiger partial charge on any atom is -0.508 e. The predicted molar refractivity (Wildman–Crippen MR) is 165 cm³/mol. The van der Waals surface area contributed by atoms with Crippen LogP contribution in [0.5, 0.6) is 11.6 Å². The quantitative estimate of drug-likeness (QED) is 0.302. The fraction of sp³-hybridized carbons (Fsp3) is 0.485. The molecule has 230 valence electrons. The lowest BCUT2D eigenvalue weighted by molar-refractivity contribution is 0.0131. The van der Waals surface area contributed by atoms with Crippen LogP contribution in [0.25, 0.3) is 21.9 Å². The van der Waals surface area contributed by atoms with Crippen LogP contribution in [0.2, 0.25) is 0 Å². The molecule has 4 heterocycles. The number of rotatable bonds is 8. The van der Waals surface area contributed by atoms with Gasteiger partial charge in [0.1, 0.15) is 17.7 Å². The van der Waals surface area contributed by atoms with Gasteiger partial charge < -0.3 is 28.8 Å². The van der Waals surface area contributed by atoms with E-state index in [1.165, 1.54) is 6.07 Å². The molecule has 4 aromatic rings. The Bertz CT molecular complexity index is 1720. The van der Waals surface area contributed by atoms with E-state index in [1.807, 2.05) is 4.57 Å². The van der Waals surface area contributed by atoms with Gasteiger partial charge in [0.15, 0.2) is 11.2 Å². The Morgan fingerprint density at radius 3 is 2.68 bits per heavy atom. The van der Waals surface area contributed by atoms with Gasteiger partial charge in [-0.15, -0.1) is 6.42 Å². The molecule has 3 aliphatic rings. The summed E-state index contributed by atoms with van der Waals surface area (Å²) in [6, 6.07) is 6.16. The van der Waals surface area contributed by atoms with Crippen LogP contribution in [0.15, 0.2) is 30.6 Å². The molecule has 2 saturated heterocycles. The Kier molecular flexibility index (Phi) is 7.74. The number of fused-ring (bicyclic) bond motifs is 2. The first kappa shape index (κ1) is 28.8. The van der Waals surface area contributed by atoms with Gasteiger partial charge in [-0.2, -0.15) is 9.97 Å². The molecule has 0 spiro atoms. The lowest BCUT2D eigenvalue weighted by Gasteiger charge is -2.33. The van der Waals surface area contributed by atoms with E-state index < -0.39 is 5.82 Å². The summed E-state index contributed by atoms with van der Waals surface area (Å²) in [4.78, 5) is 19.2. The Hall–Kier alpha value is -3.98. The van der Waals surface area contributed by atoms with Crippen molar-refractivity contribution in [3.8, 4) is 24.0 Å². The number of aromatic nitrogens is 4. The van der Waals surface area contributed by atoms with E-state index in [0.717, 1.165) is 58.7 Å². The minimum atomic E-state index is -0.480. The molecule has 1 aliphatic carbocycles. The fourth-order valence-electron chi connectivity index (χ4n) is 6.50. The third-order valence-electron chi connectivity index (χ3n) is 9.23. The highest BCUT2D eigenvalue weighted by atomic mass is 19.1. The maximum absolute atomic E-state index is 14.8. The van der Waals surface area contributed by atoms with Gasteiger partial charge in [-0.05, 0) is 55.3 Å². The summed E-state index contributed by atoms with van der Waals surface area (Å²) in [5.41, 5.74) is 2.03. The molecule has 1 saturated carbocycles. The maximum Gasteiger partial charge on any atom is 0.247 e. The summed E-state index contributed by atoms with van der Waals surface area (Å²) < 4.78 is 34.6. The number of phenolic OH excluding ortho intramolecular Hbond substituents is 1. The maximum atomic E-state index is 14.8. The first-order valence-corrected chi connectivity index (χ1v) is 15.4. The van der Waals surface area contributed by atoms with E-state index >= 15 is 0 Å². The van der Waals surface area contributed by atoms with Crippen molar-refractivity contribution < 1.29 is 23.7 Å². The number of imidazole rings is 1. The summed E-state index contributed by atoms with van der Waals surface area (Å²) in [5.74, 6) is 3.09. The molecule has 1 unspecified atom stereocenters. The van der Waals surface area contributed by atoms with E-state index in [-0.39, 0.29) is 29.4 Å². The lowest BCUT2D eigenvalue weighted by atomic mass is 9.98. The van der Waals surface area contributed by atoms with Crippen molar-refractivity contribution in [2.75, 3.05) is 64.1 Å². The number of benzene rings is 2. The minimum absolute atomic E-state index is 0.0595. The zero-order valence-electron chi connectivity index (χ0n) is 25.0. The molecule has 0 amide bonds. The zero-order valence-corrected chi connectivity index (χ0v) is 25.0. The summed E-state index contributed by atoms with van der Waals surface area (Å²) in [6.45, 7) is 9.47. The van der Waals surface area contributed by atoms with E-state index in [4.69, 9.17) is 35.6 Å². The van der Waals surface area contributed by atoms with Crippen LogP contribution in [0.4, 0.5) is 10.3 Å². The highest BCUT2D eigenvalue weighted by Crippen LogP contribution is 2.51. The molecule has 1 N–H and O–H groups in total. The van der Waals surface area contributed by atoms with Crippen molar-refractivity contribution in [2.45, 2.75) is 38.8 Å². The average Bonchev–Trinajstić information content (AvgIpc) is 3.77. The lowest BCUT2D eigenvalue weighted by Crippen LogP contribution is -2.43. The number of morpholine rings is 1. The molecule has 1 atom stereocenters. The van der Waals surface area contributed by atoms with Crippen molar-refractivity contribution >= 4 is 27.9 Å². The van der Waals surface area contributed by atoms with Crippen molar-refractivity contribution in [2.24, 2.45) is 5.41 Å². The van der Waals surface area contributed by atoms with Crippen LogP contribution in [0, 0.1) is 23.6 Å². The predicted octanol–water partition coefficient (Wildman–Crippen LogP) is 3.96. The second-order valence-electron chi connectivity index (χ2n) is 12.1. The zero-order chi connectivity index (χ0) is 30.3. The molecular formula is C33H37FN6O4. The number of aromatic hydroxyl groups is 1. The smallest absolute Gasteiger partial charge is 0.247 e. The first-order valence-electron chi connectivity index (χ1n) is 15.4. The number of nitrogens with zero attached hydrogens (tertiary/aromatic N) is 6. The van der Waals surface area contributed by atoms with Crippen LogP contribution in [-0.4, -0.2) is 94.8 Å². The third kappa shape index (κ3) is 5.54. The Balaban J connectivity index is 1.27. The Labute approximate surface area is 255 Å². The molecule has 2 aliphatic heterocycles. The van der Waals surface area contributed by atoms with Gasteiger partial charge in [0.2, 0.25) is 11.8 Å². The number of anilines is 1. The first-order chi connectivity index (χ1) is 21.4. The van der Waals surface area contributed by atoms with Gasteiger partial charge in [0.25, 0.3) is 0 Å². The highest BCUT2D eigenvalue weighted by molar-refractivity contribution is 5.92. The summed E-state index contributed by atoms with van der Waals surface area (Å²) in [5, 5.41) is 11.8. The second kappa shape index (κ2) is 11.8. The second-order valence-corrected chi connectivity index (χ2v) is 12.1. The molecule has 3 fully saturated rings. The van der Waals surface area contributed by atoms with Crippen LogP contribution in [-0.2, 0) is 16.0 Å². The standard InChI is InChI=1S/C33H37FN6O4/c1-3-26-27(34)6-5-23-17-25(41)18-24(28(23)26)19-40-21-35-29-30(40)36-32(39-9-4-13-42-16-12-39)37-31(29)44-22(2)33(7-8-33)20-38-10-14-43-15-11-38/h1,5-6,17-18,21-22,41H,4,7-16,19-20H2,2H3. The number of hydrogen-bond acceptors (Lipinski definition) is 9. The van der Waals surface area contributed by atoms with Crippen LogP contribution in [0.3, 0.4) is 0 Å². The summed E-state index contributed by atoms with van der Waals surface area (Å²) in [6.07, 6.45) is 10.4. The van der Waals surface area contributed by atoms with E-state index in [9.17, 15) is 9.50 Å². The SMILES string of the molecule is C#Cc1c(F)ccc2cc(O)cc(Cn3cnc4c(OC(C)C5(CN6CCOCC6)CC5)nc(N5CCCOCC5)nc43)c12. The average molecular weight is 601 g/mol. The van der Waals surface area contributed by atoms with Gasteiger partial charge >= 0.3 is 0 Å². The van der Waals surface area contributed by atoms with E-state index in [1.54, 1.807) is 24.5 Å². The molecule has 7 rings (SSSR count). The molecule has 11 heteroatoms. The fourth-order valence-corrected chi connectivity index (χ4v) is 6.50. The number of hydrogen-bond donors (Lipinski definition) is 1. The third-order valence-corrected chi connectivity index (χ3v) is 9.23. The van der Waals surface area contributed by atoms with Crippen LogP contribution >= 0.6 is 0 Å². The monoisotopic (exact) mass is 600 g/mol. The molecule has 2 aromatic heterocycles. The number of ether oxygens (including phenoxy) is 3. The number of terminal acetylenes is 1. The van der Waals surface area contributed by atoms with Gasteiger partial charge in [0, 0.05) is 50.1 Å². The van der Waals surface area contributed by atoms with Crippen molar-refractivity contribution in [1.82, 2.24) is 24.4 Å². The van der Waals surface area contributed by atoms with Crippen molar-refractivity contribution in [3.63, 3.8) is 0 Å². The van der Waals surface area contributed by atoms with Crippen LogP contribution in [0.1, 0.15) is 37.3 Å². The van der Waals surface area contributed by atoms with E-state index in [2.05, 4.69) is 22.6 Å². The summed E-state index contributed by atoms with van der Waals surface area (Å²) in [7, 11) is 0. The Morgan fingerprint density at radius 2 is 1.89 bits per heavy atom. The summed E-state index contributed by atoms with van der Waals surface area (Å²) >= 11 is 0. The number of phenols is 1. The normalized spacial score (nSPS) is 19.5. The molecule has 0 bridgehead atoms. The van der Waals surface area contributed by atoms with Gasteiger partial charge in [-0.3, -0.25) is 4.90 Å². The molecule has 2 aromatic carbocycles. The number of halogens is 1. The highest BCUT2D eigenvalue weighted by Gasteiger charge is 2.50. The van der Waals surface area contributed by atoms with Crippen LogP contribution < -0.4 is 9.64 Å². The van der Waals surface area contributed by atoms with E-state index in [0.29, 0.717) is 59.1 Å². The largest absolute Gasteiger partial charge is 0.508 e. The topological polar surface area (TPSA) is 98.0 Å². The van der Waals surface area contributed by atoms with Gasteiger partial charge in [-0.25, -0.2) is 9.37 Å². The molecular weight excluding hydrogens is 563 g/mol. The van der Waals surface area contributed by atoms with Gasteiger partial charge in [0.05, 0.1) is 38.3 Å². The molecule has 44 heavy (non-hydrogen) atoms. The molecule has 10 nitrogen and oxygen atoms in total. The molecule has 0 radical (unpaired) electrons. The van der Waals surface area contributed by atoms with Gasteiger partial charge in [-0.1, -0.05) is 12.0 Å². The van der Waals surface area contributed by atoms with Crippen molar-refractivity contribution in [1.29, 1.82) is 0 Å².